The number of amides is 1. The molecule has 106 valence electrons. The molecule has 3 rings (SSSR count). The van der Waals surface area contributed by atoms with Gasteiger partial charge in [-0.05, 0) is 24.3 Å². The van der Waals surface area contributed by atoms with Crippen LogP contribution in [0.1, 0.15) is 10.4 Å². The molecule has 21 heavy (non-hydrogen) atoms. The molecule has 1 amide bonds. The molecule has 0 aliphatic rings. The molecule has 0 bridgehead atoms. The molecule has 5 nitrogen and oxygen atoms in total. The Morgan fingerprint density at radius 1 is 1.19 bits per heavy atom. The smallest absolute Gasteiger partial charge is 0.261 e. The van der Waals surface area contributed by atoms with E-state index in [9.17, 15) is 9.18 Å². The van der Waals surface area contributed by atoms with Crippen molar-refractivity contribution in [3.05, 3.63) is 66.4 Å². The lowest BCUT2D eigenvalue weighted by atomic mass is 10.2. The van der Waals surface area contributed by atoms with Gasteiger partial charge in [0, 0.05) is 19.4 Å². The van der Waals surface area contributed by atoms with Crippen molar-refractivity contribution in [3.63, 3.8) is 0 Å². The normalized spacial score (nSPS) is 10.6. The molecule has 6 heteroatoms. The van der Waals surface area contributed by atoms with Crippen LogP contribution in [-0.2, 0) is 7.05 Å². The average Bonchev–Trinajstić information content (AvgIpc) is 3.10. The first-order valence-electron chi connectivity index (χ1n) is 6.38. The van der Waals surface area contributed by atoms with Crippen molar-refractivity contribution in [2.24, 2.45) is 7.05 Å². The summed E-state index contributed by atoms with van der Waals surface area (Å²) in [7, 11) is 1.75. The van der Waals surface area contributed by atoms with Crippen LogP contribution in [0.2, 0.25) is 0 Å². The minimum absolute atomic E-state index is 0.143. The largest absolute Gasteiger partial charge is 0.319 e. The van der Waals surface area contributed by atoms with Crippen molar-refractivity contribution < 1.29 is 9.18 Å². The SMILES string of the molecule is Cn1ncc(C(=O)Nc2ccccc2F)c1-n1cccc1. The van der Waals surface area contributed by atoms with Gasteiger partial charge >= 0.3 is 0 Å². The molecule has 0 aliphatic heterocycles. The van der Waals surface area contributed by atoms with Crippen LogP contribution >= 0.6 is 0 Å². The number of nitrogens with zero attached hydrogens (tertiary/aromatic N) is 3. The summed E-state index contributed by atoms with van der Waals surface area (Å²) in [4.78, 5) is 12.4. The Balaban J connectivity index is 1.95. The van der Waals surface area contributed by atoms with Crippen molar-refractivity contribution in [2.75, 3.05) is 5.32 Å². The molecule has 0 aliphatic carbocycles. The van der Waals surface area contributed by atoms with Gasteiger partial charge in [-0.15, -0.1) is 0 Å². The predicted octanol–water partition coefficient (Wildman–Crippen LogP) is 2.60. The number of hydrogen-bond acceptors (Lipinski definition) is 2. The summed E-state index contributed by atoms with van der Waals surface area (Å²) >= 11 is 0. The van der Waals surface area contributed by atoms with Crippen LogP contribution < -0.4 is 5.32 Å². The van der Waals surface area contributed by atoms with E-state index in [4.69, 9.17) is 0 Å². The molecule has 0 spiro atoms. The van der Waals surface area contributed by atoms with Crippen LogP contribution in [0.25, 0.3) is 5.82 Å². The van der Waals surface area contributed by atoms with Gasteiger partial charge in [0.2, 0.25) is 0 Å². The first-order chi connectivity index (χ1) is 10.2. The minimum atomic E-state index is -0.475. The molecular formula is C15H13FN4O. The Kier molecular flexibility index (Phi) is 3.27. The van der Waals surface area contributed by atoms with Gasteiger partial charge in [0.25, 0.3) is 5.91 Å². The zero-order valence-electron chi connectivity index (χ0n) is 11.3. The van der Waals surface area contributed by atoms with E-state index in [0.717, 1.165) is 0 Å². The van der Waals surface area contributed by atoms with Gasteiger partial charge in [-0.3, -0.25) is 9.48 Å². The maximum absolute atomic E-state index is 13.6. The quantitative estimate of drug-likeness (QED) is 0.803. The van der Waals surface area contributed by atoms with Crippen LogP contribution in [0.3, 0.4) is 0 Å². The molecule has 0 atom stereocenters. The fraction of sp³-hybridized carbons (Fsp3) is 0.0667. The number of anilines is 1. The van der Waals surface area contributed by atoms with Crippen molar-refractivity contribution in [1.29, 1.82) is 0 Å². The highest BCUT2D eigenvalue weighted by Crippen LogP contribution is 2.18. The molecule has 2 aromatic heterocycles. The number of carbonyl (C=O) groups excluding carboxylic acids is 1. The van der Waals surface area contributed by atoms with E-state index in [1.54, 1.807) is 28.4 Å². The summed E-state index contributed by atoms with van der Waals surface area (Å²) in [5, 5.41) is 6.66. The molecule has 0 saturated heterocycles. The van der Waals surface area contributed by atoms with Crippen molar-refractivity contribution in [1.82, 2.24) is 14.3 Å². The molecule has 1 aromatic carbocycles. The topological polar surface area (TPSA) is 51.9 Å². The summed E-state index contributed by atoms with van der Waals surface area (Å²) in [6.07, 6.45) is 5.10. The Morgan fingerprint density at radius 3 is 2.62 bits per heavy atom. The maximum atomic E-state index is 13.6. The standard InChI is InChI=1S/C15H13FN4O/c1-19-15(20-8-4-5-9-20)11(10-17-19)14(21)18-13-7-3-2-6-12(13)16/h2-10H,1H3,(H,18,21). The summed E-state index contributed by atoms with van der Waals surface area (Å²) < 4.78 is 17.0. The van der Waals surface area contributed by atoms with Crippen LogP contribution in [0, 0.1) is 5.82 Å². The van der Waals surface area contributed by atoms with E-state index >= 15 is 0 Å². The number of hydrogen-bond donors (Lipinski definition) is 1. The van der Waals surface area contributed by atoms with Crippen LogP contribution in [0.5, 0.6) is 0 Å². The van der Waals surface area contributed by atoms with Gasteiger partial charge in [0.1, 0.15) is 17.2 Å². The number of carbonyl (C=O) groups is 1. The van der Waals surface area contributed by atoms with E-state index in [1.807, 2.05) is 24.5 Å². The first kappa shape index (κ1) is 13.1. The third-order valence-electron chi connectivity index (χ3n) is 3.12. The summed E-state index contributed by atoms with van der Waals surface area (Å²) in [5.74, 6) is -0.261. The van der Waals surface area contributed by atoms with E-state index < -0.39 is 11.7 Å². The van der Waals surface area contributed by atoms with Gasteiger partial charge in [-0.1, -0.05) is 12.1 Å². The molecule has 0 saturated carbocycles. The van der Waals surface area contributed by atoms with E-state index in [2.05, 4.69) is 10.4 Å². The van der Waals surface area contributed by atoms with Crippen molar-refractivity contribution in [3.8, 4) is 5.82 Å². The maximum Gasteiger partial charge on any atom is 0.261 e. The van der Waals surface area contributed by atoms with Gasteiger partial charge in [0.15, 0.2) is 0 Å². The second kappa shape index (κ2) is 5.24. The van der Waals surface area contributed by atoms with E-state index in [0.29, 0.717) is 11.4 Å². The van der Waals surface area contributed by atoms with Crippen LogP contribution in [0.15, 0.2) is 55.0 Å². The lowest BCUT2D eigenvalue weighted by Gasteiger charge is -2.08. The zero-order chi connectivity index (χ0) is 14.8. The second-order valence-corrected chi connectivity index (χ2v) is 4.53. The third-order valence-corrected chi connectivity index (χ3v) is 3.12. The summed E-state index contributed by atoms with van der Waals surface area (Å²) in [6, 6.07) is 9.75. The Labute approximate surface area is 120 Å². The highest BCUT2D eigenvalue weighted by Gasteiger charge is 2.18. The summed E-state index contributed by atoms with van der Waals surface area (Å²) in [6.45, 7) is 0. The van der Waals surface area contributed by atoms with Gasteiger partial charge in [-0.2, -0.15) is 5.10 Å². The van der Waals surface area contributed by atoms with Gasteiger partial charge in [0.05, 0.1) is 11.9 Å². The van der Waals surface area contributed by atoms with Crippen LogP contribution in [-0.4, -0.2) is 20.3 Å². The van der Waals surface area contributed by atoms with E-state index in [1.165, 1.54) is 18.3 Å². The Hall–Kier alpha value is -2.89. The van der Waals surface area contributed by atoms with Crippen molar-refractivity contribution in [2.45, 2.75) is 0 Å². The fourth-order valence-corrected chi connectivity index (χ4v) is 2.13. The van der Waals surface area contributed by atoms with Crippen LogP contribution in [0.4, 0.5) is 10.1 Å². The highest BCUT2D eigenvalue weighted by atomic mass is 19.1. The van der Waals surface area contributed by atoms with Gasteiger partial charge < -0.3 is 9.88 Å². The molecule has 0 radical (unpaired) electrons. The third kappa shape index (κ3) is 2.43. The summed E-state index contributed by atoms with van der Waals surface area (Å²) in [5.41, 5.74) is 0.516. The fourth-order valence-electron chi connectivity index (χ4n) is 2.13. The number of nitrogens with one attached hydrogen (secondary N) is 1. The monoisotopic (exact) mass is 284 g/mol. The first-order valence-corrected chi connectivity index (χ1v) is 6.38. The predicted molar refractivity (Wildman–Crippen MR) is 76.9 cm³/mol. The number of benzene rings is 1. The number of aromatic nitrogens is 3. The number of aryl methyl sites for hydroxylation is 1. The zero-order valence-corrected chi connectivity index (χ0v) is 11.3. The molecular weight excluding hydrogens is 271 g/mol. The number of halogens is 1. The average molecular weight is 284 g/mol. The number of para-hydroxylation sites is 1. The molecule has 1 N–H and O–H groups in total. The highest BCUT2D eigenvalue weighted by molar-refractivity contribution is 6.06. The van der Waals surface area contributed by atoms with Crippen molar-refractivity contribution >= 4 is 11.6 Å². The lowest BCUT2D eigenvalue weighted by Crippen LogP contribution is -2.15. The molecule has 2 heterocycles. The number of rotatable bonds is 3. The van der Waals surface area contributed by atoms with Gasteiger partial charge in [-0.25, -0.2) is 4.39 Å². The minimum Gasteiger partial charge on any atom is -0.319 e. The Morgan fingerprint density at radius 2 is 1.90 bits per heavy atom. The molecule has 0 fully saturated rings. The molecule has 0 unspecified atom stereocenters. The van der Waals surface area contributed by atoms with E-state index in [-0.39, 0.29) is 5.69 Å². The molecule has 3 aromatic rings. The Bertz CT molecular complexity index is 777. The lowest BCUT2D eigenvalue weighted by molar-refractivity contribution is 0.102. The second-order valence-electron chi connectivity index (χ2n) is 4.53.